The standard InChI is InChI=1S/C22H22ClN3O3S/c1-14-3-4-16(11-15(14)2)21-12-20(22(27)24-18-7-5-17(23)6-8-18)25-26(21)19-9-10-30(28,29)13-19/h3-8,11-12,19H,9-10,13H2,1-2H3,(H,24,27)/t19-/m0/s1. The normalized spacial score (nSPS) is 17.8. The van der Waals surface area contributed by atoms with Crippen molar-refractivity contribution in [2.45, 2.75) is 26.3 Å². The Labute approximate surface area is 180 Å². The molecule has 1 N–H and O–H groups in total. The smallest absolute Gasteiger partial charge is 0.276 e. The molecule has 156 valence electrons. The van der Waals surface area contributed by atoms with Crippen molar-refractivity contribution in [3.8, 4) is 11.3 Å². The van der Waals surface area contributed by atoms with Gasteiger partial charge in [0, 0.05) is 16.3 Å². The average Bonchev–Trinajstić information content (AvgIpc) is 3.29. The van der Waals surface area contributed by atoms with Crippen LogP contribution in [0.3, 0.4) is 0 Å². The van der Waals surface area contributed by atoms with E-state index in [-0.39, 0.29) is 29.1 Å². The van der Waals surface area contributed by atoms with E-state index in [9.17, 15) is 13.2 Å². The Morgan fingerprint density at radius 3 is 2.47 bits per heavy atom. The van der Waals surface area contributed by atoms with Crippen molar-refractivity contribution < 1.29 is 13.2 Å². The topological polar surface area (TPSA) is 81.1 Å². The molecule has 3 aromatic rings. The third-order valence-electron chi connectivity index (χ3n) is 5.43. The highest BCUT2D eigenvalue weighted by Crippen LogP contribution is 2.31. The van der Waals surface area contributed by atoms with Crippen molar-refractivity contribution in [1.82, 2.24) is 9.78 Å². The van der Waals surface area contributed by atoms with Gasteiger partial charge >= 0.3 is 0 Å². The highest BCUT2D eigenvalue weighted by Gasteiger charge is 2.32. The third-order valence-corrected chi connectivity index (χ3v) is 7.43. The van der Waals surface area contributed by atoms with Gasteiger partial charge in [-0.25, -0.2) is 8.42 Å². The van der Waals surface area contributed by atoms with E-state index in [0.717, 1.165) is 22.4 Å². The molecule has 2 aromatic carbocycles. The van der Waals surface area contributed by atoms with Gasteiger partial charge in [0.1, 0.15) is 0 Å². The van der Waals surface area contributed by atoms with Crippen LogP contribution >= 0.6 is 11.6 Å². The monoisotopic (exact) mass is 443 g/mol. The van der Waals surface area contributed by atoms with Gasteiger partial charge in [0.2, 0.25) is 0 Å². The summed E-state index contributed by atoms with van der Waals surface area (Å²) in [5, 5.41) is 7.91. The highest BCUT2D eigenvalue weighted by atomic mass is 35.5. The minimum Gasteiger partial charge on any atom is -0.321 e. The largest absolute Gasteiger partial charge is 0.321 e. The van der Waals surface area contributed by atoms with Crippen molar-refractivity contribution in [2.24, 2.45) is 0 Å². The molecule has 4 rings (SSSR count). The Hall–Kier alpha value is -2.64. The first-order chi connectivity index (χ1) is 14.2. The highest BCUT2D eigenvalue weighted by molar-refractivity contribution is 7.91. The summed E-state index contributed by atoms with van der Waals surface area (Å²) in [5.74, 6) is -0.192. The number of benzene rings is 2. The number of halogens is 1. The first kappa shape index (κ1) is 20.6. The molecule has 1 fully saturated rings. The Morgan fingerprint density at radius 2 is 1.83 bits per heavy atom. The number of rotatable bonds is 4. The average molecular weight is 444 g/mol. The Morgan fingerprint density at radius 1 is 1.10 bits per heavy atom. The number of carbonyl (C=O) groups is 1. The molecule has 2 heterocycles. The molecule has 1 aliphatic rings. The van der Waals surface area contributed by atoms with Crippen molar-refractivity contribution in [3.05, 3.63) is 70.4 Å². The molecule has 0 saturated carbocycles. The number of sulfone groups is 1. The van der Waals surface area contributed by atoms with Crippen LogP contribution in [0, 0.1) is 13.8 Å². The fourth-order valence-corrected chi connectivity index (χ4v) is 5.41. The van der Waals surface area contributed by atoms with E-state index >= 15 is 0 Å². The first-order valence-corrected chi connectivity index (χ1v) is 11.9. The fourth-order valence-electron chi connectivity index (χ4n) is 3.60. The predicted molar refractivity (Wildman–Crippen MR) is 119 cm³/mol. The van der Waals surface area contributed by atoms with E-state index in [1.807, 2.05) is 32.0 Å². The van der Waals surface area contributed by atoms with Crippen LogP contribution in [0.1, 0.15) is 34.1 Å². The van der Waals surface area contributed by atoms with Crippen LogP contribution in [0.25, 0.3) is 11.3 Å². The second kappa shape index (κ2) is 7.89. The lowest BCUT2D eigenvalue weighted by atomic mass is 10.0. The maximum atomic E-state index is 12.8. The quantitative estimate of drug-likeness (QED) is 0.646. The van der Waals surface area contributed by atoms with Crippen molar-refractivity contribution >= 4 is 33.0 Å². The number of aromatic nitrogens is 2. The minimum atomic E-state index is -3.09. The number of carbonyl (C=O) groups excluding carboxylic acids is 1. The molecule has 8 heteroatoms. The molecule has 0 radical (unpaired) electrons. The van der Waals surface area contributed by atoms with Gasteiger partial charge in [-0.15, -0.1) is 0 Å². The molecule has 1 atom stereocenters. The van der Waals surface area contributed by atoms with Gasteiger partial charge in [-0.1, -0.05) is 23.7 Å². The Balaban J connectivity index is 1.72. The van der Waals surface area contributed by atoms with Gasteiger partial charge in [0.25, 0.3) is 5.91 Å². The second-order valence-corrected chi connectivity index (χ2v) is 10.3. The van der Waals surface area contributed by atoms with Gasteiger partial charge in [0.05, 0.1) is 23.2 Å². The molecule has 1 aliphatic heterocycles. The molecule has 30 heavy (non-hydrogen) atoms. The Bertz CT molecular complexity index is 1220. The molecule has 1 saturated heterocycles. The van der Waals surface area contributed by atoms with Crippen LogP contribution in [0.2, 0.25) is 5.02 Å². The van der Waals surface area contributed by atoms with E-state index < -0.39 is 9.84 Å². The molecule has 0 aliphatic carbocycles. The molecule has 6 nitrogen and oxygen atoms in total. The first-order valence-electron chi connectivity index (χ1n) is 9.66. The molecule has 0 bridgehead atoms. The molecular weight excluding hydrogens is 422 g/mol. The number of hydrogen-bond donors (Lipinski definition) is 1. The minimum absolute atomic E-state index is 0.0325. The third kappa shape index (κ3) is 4.27. The zero-order valence-corrected chi connectivity index (χ0v) is 18.3. The molecule has 1 amide bonds. The number of anilines is 1. The van der Waals surface area contributed by atoms with Gasteiger partial charge in [-0.2, -0.15) is 5.10 Å². The maximum Gasteiger partial charge on any atom is 0.276 e. The second-order valence-electron chi connectivity index (χ2n) is 7.68. The van der Waals surface area contributed by atoms with Gasteiger partial charge in [-0.3, -0.25) is 9.48 Å². The van der Waals surface area contributed by atoms with Crippen LogP contribution in [0.4, 0.5) is 5.69 Å². The van der Waals surface area contributed by atoms with Crippen LogP contribution < -0.4 is 5.32 Å². The van der Waals surface area contributed by atoms with E-state index in [2.05, 4.69) is 10.4 Å². The van der Waals surface area contributed by atoms with E-state index in [0.29, 0.717) is 17.1 Å². The zero-order valence-electron chi connectivity index (χ0n) is 16.7. The van der Waals surface area contributed by atoms with E-state index in [1.165, 1.54) is 0 Å². The number of amides is 1. The van der Waals surface area contributed by atoms with Crippen LogP contribution in [-0.4, -0.2) is 35.6 Å². The Kier molecular flexibility index (Phi) is 5.42. The van der Waals surface area contributed by atoms with Gasteiger partial charge in [0.15, 0.2) is 15.5 Å². The summed E-state index contributed by atoms with van der Waals surface area (Å²) in [6, 6.07) is 14.3. The summed E-state index contributed by atoms with van der Waals surface area (Å²) < 4.78 is 25.8. The SMILES string of the molecule is Cc1ccc(-c2cc(C(=O)Nc3ccc(Cl)cc3)nn2[C@H]2CCS(=O)(=O)C2)cc1C. The van der Waals surface area contributed by atoms with E-state index in [4.69, 9.17) is 11.6 Å². The number of nitrogens with one attached hydrogen (secondary N) is 1. The molecule has 0 unspecified atom stereocenters. The van der Waals surface area contributed by atoms with Gasteiger partial charge in [-0.05, 0) is 67.8 Å². The van der Waals surface area contributed by atoms with Crippen molar-refractivity contribution in [2.75, 3.05) is 16.8 Å². The maximum absolute atomic E-state index is 12.8. The fraction of sp³-hybridized carbons (Fsp3) is 0.273. The summed E-state index contributed by atoms with van der Waals surface area (Å²) in [6.07, 6.45) is 0.486. The number of hydrogen-bond acceptors (Lipinski definition) is 4. The summed E-state index contributed by atoms with van der Waals surface area (Å²) in [6.45, 7) is 4.05. The summed E-state index contributed by atoms with van der Waals surface area (Å²) >= 11 is 5.90. The lowest BCUT2D eigenvalue weighted by Crippen LogP contribution is -2.16. The van der Waals surface area contributed by atoms with Crippen molar-refractivity contribution in [1.29, 1.82) is 0 Å². The summed E-state index contributed by atoms with van der Waals surface area (Å²) in [7, 11) is -3.09. The van der Waals surface area contributed by atoms with Gasteiger partial charge < -0.3 is 5.32 Å². The predicted octanol–water partition coefficient (Wildman–Crippen LogP) is 4.43. The lowest BCUT2D eigenvalue weighted by Gasteiger charge is -2.14. The van der Waals surface area contributed by atoms with Crippen LogP contribution in [0.15, 0.2) is 48.5 Å². The van der Waals surface area contributed by atoms with Crippen LogP contribution in [0.5, 0.6) is 0 Å². The number of nitrogens with zero attached hydrogens (tertiary/aromatic N) is 2. The summed E-state index contributed by atoms with van der Waals surface area (Å²) in [5.41, 5.74) is 4.76. The summed E-state index contributed by atoms with van der Waals surface area (Å²) in [4.78, 5) is 12.8. The molecule has 1 aromatic heterocycles. The molecule has 0 spiro atoms. The van der Waals surface area contributed by atoms with Crippen molar-refractivity contribution in [3.63, 3.8) is 0 Å². The lowest BCUT2D eigenvalue weighted by molar-refractivity contribution is 0.102. The number of aryl methyl sites for hydroxylation is 2. The zero-order chi connectivity index (χ0) is 21.5. The van der Waals surface area contributed by atoms with Crippen LogP contribution in [-0.2, 0) is 9.84 Å². The molecular formula is C22H22ClN3O3S. The van der Waals surface area contributed by atoms with E-state index in [1.54, 1.807) is 35.0 Å².